The molecule has 22 heavy (non-hydrogen) atoms. The SMILES string of the molecule is C=CCn1c(=S)sc2c(N/N=C/c3cccnc3)ncnc21. The minimum Gasteiger partial charge on any atom is -0.304 e. The van der Waals surface area contributed by atoms with Gasteiger partial charge in [-0.2, -0.15) is 5.10 Å². The highest BCUT2D eigenvalue weighted by atomic mass is 32.1. The van der Waals surface area contributed by atoms with Crippen LogP contribution in [-0.4, -0.2) is 25.7 Å². The summed E-state index contributed by atoms with van der Waals surface area (Å²) in [6.07, 6.45) is 8.41. The third-order valence-corrected chi connectivity index (χ3v) is 4.28. The van der Waals surface area contributed by atoms with E-state index in [1.807, 2.05) is 16.7 Å². The van der Waals surface area contributed by atoms with E-state index in [0.717, 1.165) is 19.9 Å². The first kappa shape index (κ1) is 14.5. The number of thiazole rings is 1. The van der Waals surface area contributed by atoms with Crippen molar-refractivity contribution in [3.05, 3.63) is 53.0 Å². The fourth-order valence-corrected chi connectivity index (χ4v) is 3.18. The number of rotatable bonds is 5. The smallest absolute Gasteiger partial charge is 0.169 e. The maximum absolute atomic E-state index is 5.36. The molecule has 0 saturated carbocycles. The van der Waals surface area contributed by atoms with Crippen LogP contribution in [0.15, 0.2) is 48.6 Å². The van der Waals surface area contributed by atoms with Crippen molar-refractivity contribution in [3.63, 3.8) is 0 Å². The number of fused-ring (bicyclic) bond motifs is 1. The van der Waals surface area contributed by atoms with Gasteiger partial charge in [-0.3, -0.25) is 10.4 Å². The number of hydrogen-bond acceptors (Lipinski definition) is 7. The topological polar surface area (TPSA) is 68.0 Å². The van der Waals surface area contributed by atoms with Gasteiger partial charge in [-0.1, -0.05) is 23.5 Å². The molecule has 0 unspecified atom stereocenters. The fourth-order valence-electron chi connectivity index (χ4n) is 1.87. The van der Waals surface area contributed by atoms with E-state index in [1.54, 1.807) is 24.7 Å². The molecule has 0 spiro atoms. The van der Waals surface area contributed by atoms with Gasteiger partial charge >= 0.3 is 0 Å². The molecule has 0 radical (unpaired) electrons. The summed E-state index contributed by atoms with van der Waals surface area (Å²) in [6.45, 7) is 4.36. The van der Waals surface area contributed by atoms with Crippen LogP contribution in [0.25, 0.3) is 10.3 Å². The zero-order valence-corrected chi connectivity index (χ0v) is 13.1. The minimum absolute atomic E-state index is 0.619. The molecule has 3 rings (SSSR count). The molecule has 8 heteroatoms. The molecule has 0 aromatic carbocycles. The van der Waals surface area contributed by atoms with Gasteiger partial charge in [0.15, 0.2) is 15.4 Å². The molecule has 3 heterocycles. The second-order valence-electron chi connectivity index (χ2n) is 4.30. The molecule has 0 aliphatic rings. The summed E-state index contributed by atoms with van der Waals surface area (Å²) in [6, 6.07) is 3.77. The van der Waals surface area contributed by atoms with Crippen LogP contribution in [0.1, 0.15) is 5.56 Å². The predicted molar refractivity (Wildman–Crippen MR) is 91.9 cm³/mol. The predicted octanol–water partition coefficient (Wildman–Crippen LogP) is 3.25. The molecule has 0 aliphatic heterocycles. The van der Waals surface area contributed by atoms with E-state index in [9.17, 15) is 0 Å². The lowest BCUT2D eigenvalue weighted by Gasteiger charge is -2.01. The van der Waals surface area contributed by atoms with E-state index in [1.165, 1.54) is 17.7 Å². The molecule has 1 N–H and O–H groups in total. The van der Waals surface area contributed by atoms with Gasteiger partial charge < -0.3 is 4.57 Å². The Labute approximate surface area is 135 Å². The van der Waals surface area contributed by atoms with Crippen LogP contribution in [0.2, 0.25) is 0 Å². The van der Waals surface area contributed by atoms with Crippen LogP contribution in [0, 0.1) is 3.95 Å². The maximum atomic E-state index is 5.36. The summed E-state index contributed by atoms with van der Waals surface area (Å²) in [5.74, 6) is 0.629. The summed E-state index contributed by atoms with van der Waals surface area (Å²) in [7, 11) is 0. The molecule has 3 aromatic rings. The van der Waals surface area contributed by atoms with Gasteiger partial charge in [-0.25, -0.2) is 9.97 Å². The van der Waals surface area contributed by atoms with Crippen molar-refractivity contribution in [2.45, 2.75) is 6.54 Å². The first-order valence-electron chi connectivity index (χ1n) is 6.44. The van der Waals surface area contributed by atoms with E-state index in [2.05, 4.69) is 32.1 Å². The highest BCUT2D eigenvalue weighted by molar-refractivity contribution is 7.73. The Bertz CT molecular complexity index is 881. The molecular weight excluding hydrogens is 316 g/mol. The standard InChI is InChI=1S/C14H12N6S2/c1-2-6-20-13-11(22-14(20)21)12(16-9-17-13)19-18-8-10-4-3-5-15-7-10/h2-5,7-9H,1,6H2,(H,16,17,19)/b18-8+. The van der Waals surface area contributed by atoms with Gasteiger partial charge in [0.2, 0.25) is 0 Å². The van der Waals surface area contributed by atoms with Gasteiger partial charge in [0.1, 0.15) is 11.0 Å². The summed E-state index contributed by atoms with van der Waals surface area (Å²) in [5, 5.41) is 4.18. The van der Waals surface area contributed by atoms with Crippen molar-refractivity contribution in [1.29, 1.82) is 0 Å². The Morgan fingerprint density at radius 3 is 3.14 bits per heavy atom. The molecule has 0 aliphatic carbocycles. The van der Waals surface area contributed by atoms with Crippen LogP contribution in [0.5, 0.6) is 0 Å². The lowest BCUT2D eigenvalue weighted by molar-refractivity contribution is 0.845. The number of anilines is 1. The highest BCUT2D eigenvalue weighted by Crippen LogP contribution is 2.26. The Morgan fingerprint density at radius 2 is 2.36 bits per heavy atom. The van der Waals surface area contributed by atoms with E-state index in [-0.39, 0.29) is 0 Å². The summed E-state index contributed by atoms with van der Waals surface area (Å²) >= 11 is 6.81. The van der Waals surface area contributed by atoms with Crippen molar-refractivity contribution < 1.29 is 0 Å². The van der Waals surface area contributed by atoms with Crippen molar-refractivity contribution in [2.75, 3.05) is 5.43 Å². The Morgan fingerprint density at radius 1 is 1.45 bits per heavy atom. The van der Waals surface area contributed by atoms with E-state index >= 15 is 0 Å². The normalized spacial score (nSPS) is 11.1. The van der Waals surface area contributed by atoms with E-state index in [0.29, 0.717) is 12.4 Å². The number of aromatic nitrogens is 4. The quantitative estimate of drug-likeness (QED) is 0.337. The van der Waals surface area contributed by atoms with Crippen LogP contribution in [0.3, 0.4) is 0 Å². The zero-order chi connectivity index (χ0) is 15.4. The Kier molecular flexibility index (Phi) is 4.31. The van der Waals surface area contributed by atoms with Gasteiger partial charge in [-0.15, -0.1) is 6.58 Å². The number of allylic oxidation sites excluding steroid dienone is 1. The van der Waals surface area contributed by atoms with Crippen LogP contribution in [-0.2, 0) is 6.54 Å². The van der Waals surface area contributed by atoms with Crippen molar-refractivity contribution >= 4 is 45.9 Å². The van der Waals surface area contributed by atoms with Crippen molar-refractivity contribution in [3.8, 4) is 0 Å². The summed E-state index contributed by atoms with van der Waals surface area (Å²) in [4.78, 5) is 12.5. The van der Waals surface area contributed by atoms with Crippen LogP contribution in [0.4, 0.5) is 5.82 Å². The van der Waals surface area contributed by atoms with Gasteiger partial charge in [0, 0.05) is 24.5 Å². The van der Waals surface area contributed by atoms with Crippen molar-refractivity contribution in [2.24, 2.45) is 5.10 Å². The monoisotopic (exact) mass is 328 g/mol. The number of nitrogens with one attached hydrogen (secondary N) is 1. The maximum Gasteiger partial charge on any atom is 0.169 e. The van der Waals surface area contributed by atoms with E-state index in [4.69, 9.17) is 12.2 Å². The second kappa shape index (κ2) is 6.54. The highest BCUT2D eigenvalue weighted by Gasteiger charge is 2.10. The average Bonchev–Trinajstić information content (AvgIpc) is 2.86. The largest absolute Gasteiger partial charge is 0.304 e. The lowest BCUT2D eigenvalue weighted by atomic mass is 10.3. The second-order valence-corrected chi connectivity index (χ2v) is 5.94. The van der Waals surface area contributed by atoms with Crippen molar-refractivity contribution in [1.82, 2.24) is 19.5 Å². The van der Waals surface area contributed by atoms with Crippen LogP contribution >= 0.6 is 23.6 Å². The average molecular weight is 328 g/mol. The molecule has 0 saturated heterocycles. The first-order valence-corrected chi connectivity index (χ1v) is 7.66. The third-order valence-electron chi connectivity index (χ3n) is 2.83. The number of pyridine rings is 1. The Hall–Kier alpha value is -2.45. The number of nitrogens with zero attached hydrogens (tertiary/aromatic N) is 5. The Balaban J connectivity index is 1.91. The minimum atomic E-state index is 0.619. The molecule has 0 bridgehead atoms. The molecule has 0 amide bonds. The summed E-state index contributed by atoms with van der Waals surface area (Å²) in [5.41, 5.74) is 4.62. The molecule has 6 nitrogen and oxygen atoms in total. The fraction of sp³-hybridized carbons (Fsp3) is 0.0714. The molecule has 3 aromatic heterocycles. The lowest BCUT2D eigenvalue weighted by Crippen LogP contribution is -1.99. The zero-order valence-electron chi connectivity index (χ0n) is 11.5. The number of hydrazone groups is 1. The number of hydrogen-bond donors (Lipinski definition) is 1. The first-order chi connectivity index (χ1) is 10.8. The molecule has 110 valence electrons. The molecular formula is C14H12N6S2. The van der Waals surface area contributed by atoms with Gasteiger partial charge in [0.05, 0.1) is 6.21 Å². The molecule has 0 fully saturated rings. The van der Waals surface area contributed by atoms with Gasteiger partial charge in [-0.05, 0) is 18.3 Å². The molecule has 0 atom stereocenters. The van der Waals surface area contributed by atoms with Gasteiger partial charge in [0.25, 0.3) is 0 Å². The summed E-state index contributed by atoms with van der Waals surface area (Å²) < 4.78 is 3.52. The van der Waals surface area contributed by atoms with E-state index < -0.39 is 0 Å². The van der Waals surface area contributed by atoms with Crippen LogP contribution < -0.4 is 5.43 Å². The third kappa shape index (κ3) is 2.92.